The van der Waals surface area contributed by atoms with E-state index in [2.05, 4.69) is 12.1 Å². The van der Waals surface area contributed by atoms with Gasteiger partial charge in [0, 0.05) is 11.6 Å². The maximum atomic E-state index is 10.5. The van der Waals surface area contributed by atoms with Crippen LogP contribution in [0.4, 0.5) is 0 Å². The van der Waals surface area contributed by atoms with Gasteiger partial charge in [0.05, 0.1) is 0 Å². The van der Waals surface area contributed by atoms with E-state index >= 15 is 0 Å². The van der Waals surface area contributed by atoms with Crippen molar-refractivity contribution < 1.29 is 14.6 Å². The third kappa shape index (κ3) is 3.58. The monoisotopic (exact) mass is 256 g/mol. The minimum atomic E-state index is -0.933. The van der Waals surface area contributed by atoms with Crippen molar-refractivity contribution in [2.45, 2.75) is 13.8 Å². The number of hydrogen-bond donors (Lipinski definition) is 1. The van der Waals surface area contributed by atoms with Crippen molar-refractivity contribution in [2.75, 3.05) is 6.61 Å². The van der Waals surface area contributed by atoms with Crippen molar-refractivity contribution in [1.82, 2.24) is 0 Å². The first kappa shape index (κ1) is 13.1. The standard InChI is InChI=1S/C16H16O3/c1-11-4-6-15-14(7-11)9-13(10-19-15)5-3-12(2)8-16(17)18/h3-9H,10H2,1-2H3,(H,17,18)/b5-3+,12-8+. The molecule has 1 aromatic rings. The Balaban J connectivity index is 2.20. The van der Waals surface area contributed by atoms with Crippen LogP contribution in [-0.2, 0) is 4.79 Å². The van der Waals surface area contributed by atoms with Crippen molar-refractivity contribution in [1.29, 1.82) is 0 Å². The van der Waals surface area contributed by atoms with Crippen LogP contribution in [0, 0.1) is 6.92 Å². The van der Waals surface area contributed by atoms with Gasteiger partial charge in [0.2, 0.25) is 0 Å². The lowest BCUT2D eigenvalue weighted by molar-refractivity contribution is -0.131. The third-order valence-electron chi connectivity index (χ3n) is 2.81. The second-order valence-electron chi connectivity index (χ2n) is 4.61. The van der Waals surface area contributed by atoms with Crippen LogP contribution in [0.1, 0.15) is 18.1 Å². The molecule has 3 nitrogen and oxygen atoms in total. The molecule has 0 radical (unpaired) electrons. The molecule has 0 atom stereocenters. The number of allylic oxidation sites excluding steroid dienone is 2. The molecule has 0 amide bonds. The molecule has 1 N–H and O–H groups in total. The molecule has 3 heteroatoms. The lowest BCUT2D eigenvalue weighted by atomic mass is 10.0. The Kier molecular flexibility index (Phi) is 3.85. The predicted octanol–water partition coefficient (Wildman–Crippen LogP) is 3.36. The largest absolute Gasteiger partial charge is 0.488 e. The molecule has 19 heavy (non-hydrogen) atoms. The Bertz CT molecular complexity index is 592. The number of carbonyl (C=O) groups is 1. The molecule has 98 valence electrons. The average molecular weight is 256 g/mol. The Labute approximate surface area is 112 Å². The summed E-state index contributed by atoms with van der Waals surface area (Å²) in [7, 11) is 0. The summed E-state index contributed by atoms with van der Waals surface area (Å²) < 4.78 is 5.65. The van der Waals surface area contributed by atoms with Gasteiger partial charge in [-0.15, -0.1) is 0 Å². The van der Waals surface area contributed by atoms with Crippen molar-refractivity contribution in [3.8, 4) is 5.75 Å². The Hall–Kier alpha value is -2.29. The number of aliphatic carboxylic acids is 1. The van der Waals surface area contributed by atoms with E-state index in [1.807, 2.05) is 25.1 Å². The minimum Gasteiger partial charge on any atom is -0.488 e. The molecule has 0 spiro atoms. The maximum absolute atomic E-state index is 10.5. The summed E-state index contributed by atoms with van der Waals surface area (Å²) in [6.07, 6.45) is 6.92. The van der Waals surface area contributed by atoms with Gasteiger partial charge in [-0.2, -0.15) is 0 Å². The molecule has 0 unspecified atom stereocenters. The van der Waals surface area contributed by atoms with E-state index in [0.29, 0.717) is 12.2 Å². The van der Waals surface area contributed by atoms with Crippen molar-refractivity contribution in [3.63, 3.8) is 0 Å². The van der Waals surface area contributed by atoms with Crippen LogP contribution in [0.2, 0.25) is 0 Å². The number of carboxylic acids is 1. The first-order valence-electron chi connectivity index (χ1n) is 6.08. The minimum absolute atomic E-state index is 0.507. The Morgan fingerprint density at radius 1 is 1.42 bits per heavy atom. The van der Waals surface area contributed by atoms with E-state index < -0.39 is 5.97 Å². The fourth-order valence-corrected chi connectivity index (χ4v) is 1.89. The molecule has 1 aromatic carbocycles. The van der Waals surface area contributed by atoms with Crippen LogP contribution in [0.25, 0.3) is 6.08 Å². The smallest absolute Gasteiger partial charge is 0.328 e. The van der Waals surface area contributed by atoms with Crippen molar-refractivity contribution >= 4 is 12.0 Å². The Morgan fingerprint density at radius 3 is 2.95 bits per heavy atom. The second-order valence-corrected chi connectivity index (χ2v) is 4.61. The highest BCUT2D eigenvalue weighted by atomic mass is 16.5. The van der Waals surface area contributed by atoms with Gasteiger partial charge in [-0.1, -0.05) is 23.8 Å². The van der Waals surface area contributed by atoms with Crippen molar-refractivity contribution in [3.05, 3.63) is 58.7 Å². The van der Waals surface area contributed by atoms with Gasteiger partial charge < -0.3 is 9.84 Å². The topological polar surface area (TPSA) is 46.5 Å². The summed E-state index contributed by atoms with van der Waals surface area (Å²) in [5, 5.41) is 8.63. The number of carboxylic acid groups (broad SMARTS) is 1. The summed E-state index contributed by atoms with van der Waals surface area (Å²) in [5.41, 5.74) is 3.97. The average Bonchev–Trinajstić information content (AvgIpc) is 2.35. The molecule has 1 heterocycles. The van der Waals surface area contributed by atoms with Gasteiger partial charge >= 0.3 is 5.97 Å². The molecule has 1 aliphatic rings. The fraction of sp³-hybridized carbons (Fsp3) is 0.188. The lowest BCUT2D eigenvalue weighted by Gasteiger charge is -2.16. The van der Waals surface area contributed by atoms with Crippen LogP contribution < -0.4 is 4.74 Å². The molecule has 2 rings (SSSR count). The summed E-state index contributed by atoms with van der Waals surface area (Å²) in [6, 6.07) is 6.06. The van der Waals surface area contributed by atoms with Gasteiger partial charge in [-0.05, 0) is 43.2 Å². The molecular weight excluding hydrogens is 240 g/mol. The Morgan fingerprint density at radius 2 is 2.21 bits per heavy atom. The highest BCUT2D eigenvalue weighted by Gasteiger charge is 2.09. The quantitative estimate of drug-likeness (QED) is 0.666. The first-order valence-corrected chi connectivity index (χ1v) is 6.08. The first-order chi connectivity index (χ1) is 9.04. The van der Waals surface area contributed by atoms with E-state index in [1.54, 1.807) is 13.0 Å². The maximum Gasteiger partial charge on any atom is 0.328 e. The number of ether oxygens (including phenoxy) is 1. The molecule has 0 saturated carbocycles. The van der Waals surface area contributed by atoms with E-state index in [0.717, 1.165) is 16.9 Å². The summed E-state index contributed by atoms with van der Waals surface area (Å²) in [6.45, 7) is 4.30. The highest BCUT2D eigenvalue weighted by Crippen LogP contribution is 2.27. The lowest BCUT2D eigenvalue weighted by Crippen LogP contribution is -2.05. The summed E-state index contributed by atoms with van der Waals surface area (Å²) >= 11 is 0. The van der Waals surface area contributed by atoms with Crippen LogP contribution in [-0.4, -0.2) is 17.7 Å². The van der Waals surface area contributed by atoms with Crippen molar-refractivity contribution in [2.24, 2.45) is 0 Å². The number of benzene rings is 1. The van der Waals surface area contributed by atoms with Gasteiger partial charge in [0.15, 0.2) is 0 Å². The molecule has 0 aliphatic carbocycles. The summed E-state index contributed by atoms with van der Waals surface area (Å²) in [5.74, 6) is -0.0439. The molecule has 0 aromatic heterocycles. The zero-order chi connectivity index (χ0) is 13.8. The van der Waals surface area contributed by atoms with E-state index in [1.165, 1.54) is 11.6 Å². The molecular formula is C16H16O3. The zero-order valence-corrected chi connectivity index (χ0v) is 11.0. The van der Waals surface area contributed by atoms with Gasteiger partial charge in [-0.3, -0.25) is 0 Å². The third-order valence-corrected chi connectivity index (χ3v) is 2.81. The highest BCUT2D eigenvalue weighted by molar-refractivity contribution is 5.81. The van der Waals surface area contributed by atoms with E-state index in [4.69, 9.17) is 9.84 Å². The number of rotatable bonds is 3. The van der Waals surface area contributed by atoms with Crippen LogP contribution >= 0.6 is 0 Å². The van der Waals surface area contributed by atoms with Crippen LogP contribution in [0.5, 0.6) is 5.75 Å². The molecule has 0 saturated heterocycles. The second kappa shape index (κ2) is 5.57. The molecule has 0 fully saturated rings. The van der Waals surface area contributed by atoms with Gasteiger partial charge in [0.1, 0.15) is 12.4 Å². The summed E-state index contributed by atoms with van der Waals surface area (Å²) in [4.78, 5) is 10.5. The van der Waals surface area contributed by atoms with Crippen LogP contribution in [0.15, 0.2) is 47.6 Å². The molecule has 1 aliphatic heterocycles. The number of aryl methyl sites for hydroxylation is 1. The van der Waals surface area contributed by atoms with Gasteiger partial charge in [0.25, 0.3) is 0 Å². The normalized spacial score (nSPS) is 14.8. The number of hydrogen-bond acceptors (Lipinski definition) is 2. The number of fused-ring (bicyclic) bond motifs is 1. The predicted molar refractivity (Wildman–Crippen MR) is 75.2 cm³/mol. The zero-order valence-electron chi connectivity index (χ0n) is 11.0. The van der Waals surface area contributed by atoms with Gasteiger partial charge in [-0.25, -0.2) is 4.79 Å². The SMILES string of the molecule is CC(/C=C/C1=Cc2cc(C)ccc2OC1)=C\C(=O)O. The fourth-order valence-electron chi connectivity index (χ4n) is 1.89. The van der Waals surface area contributed by atoms with Crippen LogP contribution in [0.3, 0.4) is 0 Å². The van der Waals surface area contributed by atoms with E-state index in [9.17, 15) is 4.79 Å². The van der Waals surface area contributed by atoms with E-state index in [-0.39, 0.29) is 0 Å². The molecule has 0 bridgehead atoms.